The number of pyridine rings is 3. The molecule has 0 atom stereocenters. The molecule has 2 aliphatic rings. The first-order valence-electron chi connectivity index (χ1n) is 10.6. The van der Waals surface area contributed by atoms with Crippen molar-refractivity contribution in [3.8, 4) is 22.4 Å². The van der Waals surface area contributed by atoms with Crippen LogP contribution in [0.5, 0.6) is 0 Å². The number of aromatic nitrogens is 4. The molecular weight excluding hydrogens is 380 g/mol. The van der Waals surface area contributed by atoms with E-state index in [0.717, 1.165) is 46.1 Å². The standard InChI is InChI=1S/C27H16N4/c1-2-6-17-15(5-1)13-21-18(17)10-9-16-14-22-25(23(16)21)31-26-20(8-4-12-29-26)19-7-3-11-28-24(19)27(31)30-22/h1-12H,13-14H2. The van der Waals surface area contributed by atoms with Crippen LogP contribution in [0.15, 0.2) is 73.1 Å². The third kappa shape index (κ3) is 1.84. The van der Waals surface area contributed by atoms with E-state index in [0.29, 0.717) is 0 Å². The highest BCUT2D eigenvalue weighted by Crippen LogP contribution is 2.48. The van der Waals surface area contributed by atoms with Crippen LogP contribution in [0.4, 0.5) is 0 Å². The van der Waals surface area contributed by atoms with Crippen LogP contribution in [0, 0.1) is 0 Å². The average molecular weight is 396 g/mol. The summed E-state index contributed by atoms with van der Waals surface area (Å²) >= 11 is 0. The van der Waals surface area contributed by atoms with E-state index in [4.69, 9.17) is 15.0 Å². The molecule has 0 spiro atoms. The molecule has 0 bridgehead atoms. The van der Waals surface area contributed by atoms with Crippen molar-refractivity contribution >= 4 is 27.6 Å². The van der Waals surface area contributed by atoms with Gasteiger partial charge in [0, 0.05) is 35.2 Å². The maximum absolute atomic E-state index is 5.12. The van der Waals surface area contributed by atoms with Crippen LogP contribution in [0.1, 0.15) is 22.4 Å². The second kappa shape index (κ2) is 5.35. The van der Waals surface area contributed by atoms with Crippen molar-refractivity contribution in [1.82, 2.24) is 19.4 Å². The number of rotatable bonds is 0. The summed E-state index contributed by atoms with van der Waals surface area (Å²) in [5.74, 6) is 0. The van der Waals surface area contributed by atoms with Crippen LogP contribution in [-0.4, -0.2) is 19.4 Å². The molecule has 4 heterocycles. The van der Waals surface area contributed by atoms with Crippen LogP contribution >= 0.6 is 0 Å². The summed E-state index contributed by atoms with van der Waals surface area (Å²) in [6.45, 7) is 0. The fraction of sp³-hybridized carbons (Fsp3) is 0.0741. The molecule has 0 radical (unpaired) electrons. The zero-order chi connectivity index (χ0) is 20.1. The lowest BCUT2D eigenvalue weighted by molar-refractivity contribution is 1.15. The summed E-state index contributed by atoms with van der Waals surface area (Å²) in [4.78, 5) is 14.7. The molecule has 0 aliphatic heterocycles. The van der Waals surface area contributed by atoms with Crippen molar-refractivity contribution in [3.63, 3.8) is 0 Å². The molecule has 0 unspecified atom stereocenters. The van der Waals surface area contributed by atoms with Gasteiger partial charge in [0.05, 0.1) is 11.4 Å². The summed E-state index contributed by atoms with van der Waals surface area (Å²) < 4.78 is 2.26. The highest BCUT2D eigenvalue weighted by Gasteiger charge is 2.32. The van der Waals surface area contributed by atoms with Gasteiger partial charge in [0.2, 0.25) is 0 Å². The smallest absolute Gasteiger partial charge is 0.165 e. The minimum absolute atomic E-state index is 0.860. The van der Waals surface area contributed by atoms with Gasteiger partial charge in [-0.05, 0) is 52.4 Å². The first-order valence-corrected chi connectivity index (χ1v) is 10.6. The Morgan fingerprint density at radius 1 is 0.677 bits per heavy atom. The molecule has 0 saturated carbocycles. The molecule has 2 aromatic carbocycles. The van der Waals surface area contributed by atoms with Gasteiger partial charge in [-0.25, -0.2) is 9.97 Å². The normalized spacial score (nSPS) is 13.5. The van der Waals surface area contributed by atoms with Gasteiger partial charge in [0.15, 0.2) is 5.65 Å². The second-order valence-electron chi connectivity index (χ2n) is 8.48. The third-order valence-corrected chi connectivity index (χ3v) is 6.93. The summed E-state index contributed by atoms with van der Waals surface area (Å²) in [7, 11) is 0. The molecule has 0 N–H and O–H groups in total. The van der Waals surface area contributed by atoms with Crippen LogP contribution in [0.2, 0.25) is 0 Å². The van der Waals surface area contributed by atoms with Crippen LogP contribution in [0.3, 0.4) is 0 Å². The molecule has 4 heteroatoms. The number of fused-ring (bicyclic) bond motifs is 14. The summed E-state index contributed by atoms with van der Waals surface area (Å²) in [6.07, 6.45) is 5.56. The van der Waals surface area contributed by atoms with Crippen molar-refractivity contribution in [3.05, 3.63) is 95.4 Å². The Balaban J connectivity index is 1.55. The third-order valence-electron chi connectivity index (χ3n) is 6.93. The molecule has 0 saturated heterocycles. The lowest BCUT2D eigenvalue weighted by Crippen LogP contribution is -1.98. The molecule has 31 heavy (non-hydrogen) atoms. The van der Waals surface area contributed by atoms with Gasteiger partial charge in [0.25, 0.3) is 0 Å². The van der Waals surface area contributed by atoms with Crippen molar-refractivity contribution in [2.75, 3.05) is 0 Å². The molecule has 2 aliphatic carbocycles. The van der Waals surface area contributed by atoms with Crippen molar-refractivity contribution in [1.29, 1.82) is 0 Å². The van der Waals surface area contributed by atoms with Crippen molar-refractivity contribution in [2.45, 2.75) is 12.8 Å². The zero-order valence-electron chi connectivity index (χ0n) is 16.6. The Hall–Kier alpha value is -4.05. The van der Waals surface area contributed by atoms with Gasteiger partial charge in [-0.1, -0.05) is 42.5 Å². The monoisotopic (exact) mass is 396 g/mol. The molecular formula is C27H16N4. The van der Waals surface area contributed by atoms with Gasteiger partial charge in [-0.3, -0.25) is 9.38 Å². The Morgan fingerprint density at radius 3 is 2.52 bits per heavy atom. The first kappa shape index (κ1) is 15.7. The largest absolute Gasteiger partial charge is 0.274 e. The fourth-order valence-electron chi connectivity index (χ4n) is 5.68. The Bertz CT molecular complexity index is 1740. The predicted molar refractivity (Wildman–Crippen MR) is 122 cm³/mol. The lowest BCUT2D eigenvalue weighted by Gasteiger charge is -2.12. The first-order chi connectivity index (χ1) is 15.4. The Morgan fingerprint density at radius 2 is 1.55 bits per heavy atom. The van der Waals surface area contributed by atoms with E-state index < -0.39 is 0 Å². The van der Waals surface area contributed by atoms with E-state index in [1.54, 1.807) is 0 Å². The van der Waals surface area contributed by atoms with Gasteiger partial charge in [0.1, 0.15) is 11.2 Å². The van der Waals surface area contributed by atoms with Crippen LogP contribution < -0.4 is 0 Å². The van der Waals surface area contributed by atoms with E-state index in [1.807, 2.05) is 24.5 Å². The maximum atomic E-state index is 5.12. The second-order valence-corrected chi connectivity index (χ2v) is 8.48. The number of benzene rings is 2. The summed E-state index contributed by atoms with van der Waals surface area (Å²) in [5, 5.41) is 2.22. The lowest BCUT2D eigenvalue weighted by atomic mass is 9.97. The number of imidazole rings is 1. The Kier molecular flexibility index (Phi) is 2.72. The SMILES string of the molecule is c1ccc2c(c1)Cc1c-2ccc2c1-c1c(nc3c4ncccc4c4cccnc4n13)C2. The quantitative estimate of drug-likeness (QED) is 0.315. The maximum Gasteiger partial charge on any atom is 0.165 e. The highest BCUT2D eigenvalue weighted by atomic mass is 15.1. The van der Waals surface area contributed by atoms with Crippen LogP contribution in [-0.2, 0) is 12.8 Å². The zero-order valence-corrected chi connectivity index (χ0v) is 16.6. The minimum Gasteiger partial charge on any atom is -0.274 e. The molecule has 0 fully saturated rings. The van der Waals surface area contributed by atoms with Gasteiger partial charge in [-0.15, -0.1) is 0 Å². The highest BCUT2D eigenvalue weighted by molar-refractivity contribution is 6.10. The van der Waals surface area contributed by atoms with Crippen molar-refractivity contribution < 1.29 is 0 Å². The number of nitrogens with zero attached hydrogens (tertiary/aromatic N) is 4. The molecule has 4 nitrogen and oxygen atoms in total. The number of hydrogen-bond donors (Lipinski definition) is 0. The topological polar surface area (TPSA) is 43.1 Å². The van der Waals surface area contributed by atoms with E-state index in [1.165, 1.54) is 39.1 Å². The summed E-state index contributed by atoms with van der Waals surface area (Å²) in [5.41, 5.74) is 13.4. The van der Waals surface area contributed by atoms with E-state index in [2.05, 4.69) is 52.9 Å². The average Bonchev–Trinajstić information content (AvgIpc) is 3.48. The minimum atomic E-state index is 0.860. The summed E-state index contributed by atoms with van der Waals surface area (Å²) in [6, 6.07) is 21.6. The Labute approximate surface area is 177 Å². The van der Waals surface area contributed by atoms with E-state index in [9.17, 15) is 0 Å². The molecule has 144 valence electrons. The molecule has 8 rings (SSSR count). The fourth-order valence-corrected chi connectivity index (χ4v) is 5.68. The van der Waals surface area contributed by atoms with Gasteiger partial charge >= 0.3 is 0 Å². The molecule has 0 amide bonds. The van der Waals surface area contributed by atoms with E-state index >= 15 is 0 Å². The van der Waals surface area contributed by atoms with E-state index in [-0.39, 0.29) is 0 Å². The molecule has 4 aromatic heterocycles. The van der Waals surface area contributed by atoms with Gasteiger partial charge in [-0.2, -0.15) is 0 Å². The number of hydrogen-bond acceptors (Lipinski definition) is 3. The predicted octanol–water partition coefficient (Wildman–Crippen LogP) is 5.57. The van der Waals surface area contributed by atoms with Crippen molar-refractivity contribution in [2.24, 2.45) is 0 Å². The van der Waals surface area contributed by atoms with Crippen LogP contribution in [0.25, 0.3) is 50.0 Å². The van der Waals surface area contributed by atoms with Gasteiger partial charge < -0.3 is 0 Å². The molecule has 6 aromatic rings.